The molecule has 0 saturated carbocycles. The van der Waals surface area contributed by atoms with E-state index in [0.717, 1.165) is 33.1 Å². The molecule has 0 atom stereocenters. The Morgan fingerprint density at radius 2 is 1.96 bits per heavy atom. The Morgan fingerprint density at radius 1 is 1.08 bits per heavy atom. The molecule has 0 radical (unpaired) electrons. The normalized spacial score (nSPS) is 11.0. The Bertz CT molecular complexity index is 1040. The van der Waals surface area contributed by atoms with Crippen molar-refractivity contribution in [2.45, 2.75) is 13.5 Å². The molecular weight excluding hydrogens is 334 g/mol. The molecule has 0 aliphatic rings. The summed E-state index contributed by atoms with van der Waals surface area (Å²) in [6.45, 7) is 2.68. The van der Waals surface area contributed by atoms with Gasteiger partial charge in [0.25, 0.3) is 0 Å². The van der Waals surface area contributed by atoms with Gasteiger partial charge in [0.05, 0.1) is 17.3 Å². The van der Waals surface area contributed by atoms with Crippen LogP contribution < -0.4 is 5.32 Å². The maximum Gasteiger partial charge on any atom is 0.168 e. The summed E-state index contributed by atoms with van der Waals surface area (Å²) in [6, 6.07) is 15.9. The maximum absolute atomic E-state index is 6.04. The van der Waals surface area contributed by atoms with Crippen molar-refractivity contribution >= 4 is 28.5 Å². The Kier molecular flexibility index (Phi) is 4.07. The van der Waals surface area contributed by atoms with Crippen LogP contribution in [0.2, 0.25) is 5.02 Å². The number of aryl methyl sites for hydroxylation is 1. The number of nitrogens with one attached hydrogen (secondary N) is 1. The number of anilines is 1. The number of halogens is 1. The third kappa shape index (κ3) is 3.19. The highest BCUT2D eigenvalue weighted by Crippen LogP contribution is 2.22. The van der Waals surface area contributed by atoms with E-state index >= 15 is 0 Å². The third-order valence-corrected chi connectivity index (χ3v) is 4.20. The Hall–Kier alpha value is -2.92. The summed E-state index contributed by atoms with van der Waals surface area (Å²) >= 11 is 6.04. The van der Waals surface area contributed by atoms with Crippen molar-refractivity contribution < 1.29 is 0 Å². The lowest BCUT2D eigenvalue weighted by Crippen LogP contribution is -2.03. The molecule has 2 heterocycles. The van der Waals surface area contributed by atoms with Gasteiger partial charge in [0.2, 0.25) is 0 Å². The monoisotopic (exact) mass is 349 g/mol. The zero-order chi connectivity index (χ0) is 17.2. The maximum atomic E-state index is 6.04. The molecule has 2 aromatic heterocycles. The summed E-state index contributed by atoms with van der Waals surface area (Å²) in [7, 11) is 0. The van der Waals surface area contributed by atoms with Crippen molar-refractivity contribution in [1.29, 1.82) is 0 Å². The number of nitrogens with zero attached hydrogens (tertiary/aromatic N) is 4. The van der Waals surface area contributed by atoms with Gasteiger partial charge in [0.1, 0.15) is 12.1 Å². The highest BCUT2D eigenvalue weighted by molar-refractivity contribution is 6.30. The number of hydrogen-bond acceptors (Lipinski definition) is 4. The predicted octanol–water partition coefficient (Wildman–Crippen LogP) is 4.39. The minimum Gasteiger partial charge on any atom is -0.365 e. The fraction of sp³-hybridized carbons (Fsp3) is 0.105. The molecule has 2 aromatic carbocycles. The molecule has 0 aliphatic carbocycles. The highest BCUT2D eigenvalue weighted by Gasteiger charge is 2.11. The van der Waals surface area contributed by atoms with E-state index in [9.17, 15) is 0 Å². The first-order chi connectivity index (χ1) is 12.2. The summed E-state index contributed by atoms with van der Waals surface area (Å²) < 4.78 is 1.83. The second-order valence-corrected chi connectivity index (χ2v) is 6.27. The fourth-order valence-corrected chi connectivity index (χ4v) is 2.98. The summed E-state index contributed by atoms with van der Waals surface area (Å²) in [5.41, 5.74) is 4.02. The molecule has 0 saturated heterocycles. The third-order valence-electron chi connectivity index (χ3n) is 3.96. The second kappa shape index (κ2) is 6.53. The van der Waals surface area contributed by atoms with Gasteiger partial charge in [-0.15, -0.1) is 0 Å². The lowest BCUT2D eigenvalue weighted by molar-refractivity contribution is 0.893. The molecule has 0 unspecified atom stereocenters. The first-order valence-corrected chi connectivity index (χ1v) is 8.32. The molecule has 25 heavy (non-hydrogen) atoms. The summed E-state index contributed by atoms with van der Waals surface area (Å²) in [6.07, 6.45) is 3.34. The van der Waals surface area contributed by atoms with Gasteiger partial charge in [-0.1, -0.05) is 35.9 Å². The van der Waals surface area contributed by atoms with E-state index in [4.69, 9.17) is 11.6 Å². The van der Waals surface area contributed by atoms with Crippen LogP contribution in [0, 0.1) is 6.92 Å². The first-order valence-electron chi connectivity index (χ1n) is 7.95. The summed E-state index contributed by atoms with van der Waals surface area (Å²) in [4.78, 5) is 8.77. The molecule has 0 aliphatic heterocycles. The molecule has 4 rings (SSSR count). The van der Waals surface area contributed by atoms with Gasteiger partial charge in [-0.25, -0.2) is 14.6 Å². The molecule has 0 amide bonds. The van der Waals surface area contributed by atoms with E-state index in [0.29, 0.717) is 6.54 Å². The zero-order valence-electron chi connectivity index (χ0n) is 13.6. The largest absolute Gasteiger partial charge is 0.365 e. The summed E-state index contributed by atoms with van der Waals surface area (Å²) in [5, 5.41) is 9.44. The van der Waals surface area contributed by atoms with Crippen LogP contribution in [0.25, 0.3) is 16.7 Å². The topological polar surface area (TPSA) is 55.6 Å². The van der Waals surface area contributed by atoms with Gasteiger partial charge in [0, 0.05) is 11.6 Å². The van der Waals surface area contributed by atoms with Crippen LogP contribution in [0.4, 0.5) is 5.82 Å². The lowest BCUT2D eigenvalue weighted by atomic mass is 10.2. The second-order valence-electron chi connectivity index (χ2n) is 5.84. The van der Waals surface area contributed by atoms with Crippen LogP contribution in [-0.4, -0.2) is 19.7 Å². The van der Waals surface area contributed by atoms with Crippen molar-refractivity contribution in [2.75, 3.05) is 5.32 Å². The predicted molar refractivity (Wildman–Crippen MR) is 100 cm³/mol. The van der Waals surface area contributed by atoms with Gasteiger partial charge in [-0.05, 0) is 42.3 Å². The number of benzene rings is 2. The number of aromatic nitrogens is 4. The molecule has 0 bridgehead atoms. The van der Waals surface area contributed by atoms with E-state index in [-0.39, 0.29) is 0 Å². The van der Waals surface area contributed by atoms with Gasteiger partial charge in [0.15, 0.2) is 5.65 Å². The molecule has 0 fully saturated rings. The smallest absolute Gasteiger partial charge is 0.168 e. The Morgan fingerprint density at radius 3 is 2.80 bits per heavy atom. The van der Waals surface area contributed by atoms with Gasteiger partial charge < -0.3 is 5.32 Å². The van der Waals surface area contributed by atoms with E-state index in [2.05, 4.69) is 39.4 Å². The zero-order valence-corrected chi connectivity index (χ0v) is 14.4. The quantitative estimate of drug-likeness (QED) is 0.593. The number of fused-ring (bicyclic) bond motifs is 1. The Labute approximate surface area is 150 Å². The van der Waals surface area contributed by atoms with Crippen molar-refractivity contribution in [3.05, 3.63) is 77.2 Å². The van der Waals surface area contributed by atoms with Crippen LogP contribution in [0.15, 0.2) is 61.1 Å². The Balaban J connectivity index is 1.67. The minimum absolute atomic E-state index is 0.627. The lowest BCUT2D eigenvalue weighted by Gasteiger charge is -2.07. The van der Waals surface area contributed by atoms with Gasteiger partial charge >= 0.3 is 0 Å². The van der Waals surface area contributed by atoms with Crippen molar-refractivity contribution in [1.82, 2.24) is 19.7 Å². The van der Waals surface area contributed by atoms with Crippen LogP contribution in [0.3, 0.4) is 0 Å². The van der Waals surface area contributed by atoms with E-state index in [1.165, 1.54) is 5.56 Å². The molecule has 5 nitrogen and oxygen atoms in total. The molecular formula is C19H16ClN5. The number of rotatable bonds is 4. The van der Waals surface area contributed by atoms with Crippen LogP contribution >= 0.6 is 11.6 Å². The summed E-state index contributed by atoms with van der Waals surface area (Å²) in [5.74, 6) is 0.754. The average Bonchev–Trinajstić information content (AvgIpc) is 3.05. The van der Waals surface area contributed by atoms with Gasteiger partial charge in [-0.3, -0.25) is 0 Å². The van der Waals surface area contributed by atoms with Crippen LogP contribution in [0.5, 0.6) is 0 Å². The highest BCUT2D eigenvalue weighted by atomic mass is 35.5. The average molecular weight is 350 g/mol. The minimum atomic E-state index is 0.627. The standard InChI is InChI=1S/C19H16ClN5/c1-13-4-2-7-16(8-13)25-19-17(11-24-25)18(22-12-23-19)21-10-14-5-3-6-15(20)9-14/h2-9,11-12H,10H2,1H3,(H,21,22,23). The molecule has 1 N–H and O–H groups in total. The van der Waals surface area contributed by atoms with E-state index in [1.54, 1.807) is 12.5 Å². The molecule has 0 spiro atoms. The number of hydrogen-bond donors (Lipinski definition) is 1. The van der Waals surface area contributed by atoms with Gasteiger partial charge in [-0.2, -0.15) is 5.10 Å². The van der Waals surface area contributed by atoms with Crippen molar-refractivity contribution in [3.8, 4) is 5.69 Å². The molecule has 6 heteroatoms. The van der Waals surface area contributed by atoms with Crippen molar-refractivity contribution in [2.24, 2.45) is 0 Å². The SMILES string of the molecule is Cc1cccc(-n2ncc3c(NCc4cccc(Cl)c4)ncnc32)c1. The van der Waals surface area contributed by atoms with E-state index < -0.39 is 0 Å². The fourth-order valence-electron chi connectivity index (χ4n) is 2.77. The van der Waals surface area contributed by atoms with Crippen LogP contribution in [0.1, 0.15) is 11.1 Å². The van der Waals surface area contributed by atoms with Crippen LogP contribution in [-0.2, 0) is 6.54 Å². The van der Waals surface area contributed by atoms with Crippen molar-refractivity contribution in [3.63, 3.8) is 0 Å². The molecule has 4 aromatic rings. The molecule has 124 valence electrons. The van der Waals surface area contributed by atoms with E-state index in [1.807, 2.05) is 41.1 Å². The first kappa shape index (κ1) is 15.6.